The molecule has 0 aliphatic heterocycles. The van der Waals surface area contributed by atoms with Gasteiger partial charge in [0.15, 0.2) is 0 Å². The molecule has 0 saturated carbocycles. The number of aryl methyl sites for hydroxylation is 1. The predicted molar refractivity (Wildman–Crippen MR) is 70.4 cm³/mol. The quantitative estimate of drug-likeness (QED) is 0.782. The van der Waals surface area contributed by atoms with Crippen molar-refractivity contribution < 1.29 is 9.90 Å². The highest BCUT2D eigenvalue weighted by Gasteiger charge is 2.16. The maximum atomic E-state index is 10.9. The molecule has 1 aromatic rings. The second-order valence-corrected chi connectivity index (χ2v) is 4.30. The van der Waals surface area contributed by atoms with Crippen LogP contribution in [-0.4, -0.2) is 24.2 Å². The summed E-state index contributed by atoms with van der Waals surface area (Å²) in [5, 5.41) is 17.7. The van der Waals surface area contributed by atoms with Gasteiger partial charge in [0.05, 0.1) is 12.0 Å². The van der Waals surface area contributed by atoms with E-state index < -0.39 is 11.9 Å². The first kappa shape index (κ1) is 14.0. The highest BCUT2D eigenvalue weighted by atomic mass is 16.4. The second-order valence-electron chi connectivity index (χ2n) is 4.30. The zero-order valence-electron chi connectivity index (χ0n) is 10.8. The van der Waals surface area contributed by atoms with Crippen molar-refractivity contribution >= 4 is 11.7 Å². The molecule has 18 heavy (non-hydrogen) atoms. The minimum atomic E-state index is -0.844. The Morgan fingerprint density at radius 2 is 2.06 bits per heavy atom. The molecule has 0 spiro atoms. The number of rotatable bonds is 6. The van der Waals surface area contributed by atoms with Gasteiger partial charge in [-0.2, -0.15) is 5.26 Å². The maximum Gasteiger partial charge on any atom is 0.308 e. The first-order valence-corrected chi connectivity index (χ1v) is 6.02. The smallest absolute Gasteiger partial charge is 0.308 e. The highest BCUT2D eigenvalue weighted by Crippen LogP contribution is 2.17. The van der Waals surface area contributed by atoms with Crippen molar-refractivity contribution in [1.82, 2.24) is 0 Å². The van der Waals surface area contributed by atoms with Gasteiger partial charge < -0.3 is 10.0 Å². The van der Waals surface area contributed by atoms with Crippen LogP contribution in [0.25, 0.3) is 0 Å². The summed E-state index contributed by atoms with van der Waals surface area (Å²) >= 11 is 0. The molecule has 1 unspecified atom stereocenters. The summed E-state index contributed by atoms with van der Waals surface area (Å²) in [5.41, 5.74) is 2.11. The highest BCUT2D eigenvalue weighted by molar-refractivity contribution is 5.70. The third-order valence-electron chi connectivity index (χ3n) is 2.89. The molecule has 0 aliphatic carbocycles. The van der Waals surface area contributed by atoms with E-state index in [0.29, 0.717) is 6.54 Å². The number of nitrogens with zero attached hydrogens (tertiary/aromatic N) is 2. The second kappa shape index (κ2) is 6.65. The van der Waals surface area contributed by atoms with Crippen LogP contribution in [0.1, 0.15) is 19.4 Å². The van der Waals surface area contributed by atoms with Gasteiger partial charge in [-0.1, -0.05) is 26.0 Å². The average Bonchev–Trinajstić information content (AvgIpc) is 2.38. The summed E-state index contributed by atoms with van der Waals surface area (Å²) in [6.07, 6.45) is 0.962. The number of carboxylic acids is 1. The van der Waals surface area contributed by atoms with Gasteiger partial charge in [0, 0.05) is 12.2 Å². The summed E-state index contributed by atoms with van der Waals surface area (Å²) < 4.78 is 0. The van der Waals surface area contributed by atoms with E-state index in [1.165, 1.54) is 5.56 Å². The molecular weight excluding hydrogens is 228 g/mol. The van der Waals surface area contributed by atoms with Crippen molar-refractivity contribution in [2.24, 2.45) is 5.92 Å². The Balaban J connectivity index is 2.83. The fourth-order valence-corrected chi connectivity index (χ4v) is 1.70. The first-order valence-electron chi connectivity index (χ1n) is 6.02. The molecule has 1 aromatic carbocycles. The number of hydrogen-bond donors (Lipinski definition) is 1. The van der Waals surface area contributed by atoms with Gasteiger partial charge in [0.25, 0.3) is 0 Å². The molecule has 0 aromatic heterocycles. The fraction of sp³-hybridized carbons (Fsp3) is 0.429. The van der Waals surface area contributed by atoms with Crippen molar-refractivity contribution in [1.29, 1.82) is 5.26 Å². The fourth-order valence-electron chi connectivity index (χ4n) is 1.70. The molecule has 0 fully saturated rings. The Labute approximate surface area is 107 Å². The van der Waals surface area contributed by atoms with E-state index in [-0.39, 0.29) is 6.54 Å². The molecule has 4 nitrogen and oxygen atoms in total. The predicted octanol–water partition coefficient (Wildman–Crippen LogP) is 2.30. The lowest BCUT2D eigenvalue weighted by Gasteiger charge is -2.23. The largest absolute Gasteiger partial charge is 0.481 e. The van der Waals surface area contributed by atoms with E-state index in [1.807, 2.05) is 24.3 Å². The van der Waals surface area contributed by atoms with Gasteiger partial charge in [-0.3, -0.25) is 4.79 Å². The van der Waals surface area contributed by atoms with Gasteiger partial charge in [-0.25, -0.2) is 0 Å². The minimum absolute atomic E-state index is 0.198. The van der Waals surface area contributed by atoms with Crippen LogP contribution in [0.4, 0.5) is 5.69 Å². The first-order chi connectivity index (χ1) is 8.58. The molecule has 1 N–H and O–H groups in total. The van der Waals surface area contributed by atoms with E-state index in [4.69, 9.17) is 10.4 Å². The third-order valence-corrected chi connectivity index (χ3v) is 2.89. The summed E-state index contributed by atoms with van der Waals surface area (Å²) in [7, 11) is 0. The van der Waals surface area contributed by atoms with Crippen molar-refractivity contribution in [3.8, 4) is 6.07 Å². The lowest BCUT2D eigenvalue weighted by atomic mass is 10.1. The maximum absolute atomic E-state index is 10.9. The summed E-state index contributed by atoms with van der Waals surface area (Å²) in [4.78, 5) is 12.7. The van der Waals surface area contributed by atoms with E-state index in [0.717, 1.165) is 12.1 Å². The zero-order chi connectivity index (χ0) is 13.5. The van der Waals surface area contributed by atoms with Crippen LogP contribution in [0.15, 0.2) is 24.3 Å². The molecule has 0 amide bonds. The molecular formula is C14H18N2O2. The van der Waals surface area contributed by atoms with Gasteiger partial charge in [0.2, 0.25) is 0 Å². The standard InChI is InChI=1S/C14H18N2O2/c1-3-12-4-6-13(7-5-12)16(9-8-15)10-11(2)14(17)18/h4-7,11H,3,9-10H2,1-2H3,(H,17,18). The van der Waals surface area contributed by atoms with Gasteiger partial charge in [0.1, 0.15) is 6.54 Å². The van der Waals surface area contributed by atoms with E-state index in [1.54, 1.807) is 11.8 Å². The van der Waals surface area contributed by atoms with Gasteiger partial charge >= 0.3 is 5.97 Å². The number of anilines is 1. The van der Waals surface area contributed by atoms with E-state index >= 15 is 0 Å². The van der Waals surface area contributed by atoms with Gasteiger partial charge in [-0.15, -0.1) is 0 Å². The molecule has 0 heterocycles. The molecule has 1 rings (SSSR count). The topological polar surface area (TPSA) is 64.3 Å². The summed E-state index contributed by atoms with van der Waals surface area (Å²) in [6, 6.07) is 9.95. The molecule has 4 heteroatoms. The van der Waals surface area contributed by atoms with Crippen LogP contribution in [0.3, 0.4) is 0 Å². The Hall–Kier alpha value is -2.02. The molecule has 0 aliphatic rings. The van der Waals surface area contributed by atoms with Crippen LogP contribution in [0, 0.1) is 17.2 Å². The normalized spacial score (nSPS) is 11.6. The Morgan fingerprint density at radius 1 is 1.44 bits per heavy atom. The number of hydrogen-bond acceptors (Lipinski definition) is 3. The molecule has 1 atom stereocenters. The van der Waals surface area contributed by atoms with Crippen LogP contribution in [0.5, 0.6) is 0 Å². The van der Waals surface area contributed by atoms with Crippen molar-refractivity contribution in [2.75, 3.05) is 18.0 Å². The third kappa shape index (κ3) is 3.77. The Bertz CT molecular complexity index is 434. The number of carbonyl (C=O) groups is 1. The number of benzene rings is 1. The van der Waals surface area contributed by atoms with E-state index in [9.17, 15) is 4.79 Å². The molecule has 0 saturated heterocycles. The van der Waals surface area contributed by atoms with Crippen LogP contribution in [0.2, 0.25) is 0 Å². The summed E-state index contributed by atoms with van der Waals surface area (Å²) in [6.45, 7) is 4.26. The van der Waals surface area contributed by atoms with Crippen molar-refractivity contribution in [3.05, 3.63) is 29.8 Å². The van der Waals surface area contributed by atoms with Crippen LogP contribution >= 0.6 is 0 Å². The van der Waals surface area contributed by atoms with Gasteiger partial charge in [-0.05, 0) is 24.1 Å². The van der Waals surface area contributed by atoms with Crippen molar-refractivity contribution in [2.45, 2.75) is 20.3 Å². The lowest BCUT2D eigenvalue weighted by Crippen LogP contribution is -2.32. The molecule has 0 bridgehead atoms. The monoisotopic (exact) mass is 246 g/mol. The molecule has 0 radical (unpaired) electrons. The number of carboxylic acid groups (broad SMARTS) is 1. The van der Waals surface area contributed by atoms with Crippen molar-refractivity contribution in [3.63, 3.8) is 0 Å². The van der Waals surface area contributed by atoms with Crippen LogP contribution in [-0.2, 0) is 11.2 Å². The number of nitriles is 1. The van der Waals surface area contributed by atoms with Crippen LogP contribution < -0.4 is 4.90 Å². The SMILES string of the molecule is CCc1ccc(N(CC#N)CC(C)C(=O)O)cc1. The number of aliphatic carboxylic acids is 1. The Kier molecular flexibility index (Phi) is 5.19. The Morgan fingerprint density at radius 3 is 2.50 bits per heavy atom. The summed E-state index contributed by atoms with van der Waals surface area (Å²) in [5.74, 6) is -1.34. The zero-order valence-corrected chi connectivity index (χ0v) is 10.8. The van der Waals surface area contributed by atoms with E-state index in [2.05, 4.69) is 13.0 Å². The lowest BCUT2D eigenvalue weighted by molar-refractivity contribution is -0.140. The molecule has 96 valence electrons. The average molecular weight is 246 g/mol. The minimum Gasteiger partial charge on any atom is -0.481 e.